The summed E-state index contributed by atoms with van der Waals surface area (Å²) in [5, 5.41) is 4.94. The highest BCUT2D eigenvalue weighted by Crippen LogP contribution is 2.34. The molecule has 1 aliphatic rings. The van der Waals surface area contributed by atoms with Crippen molar-refractivity contribution in [3.05, 3.63) is 71.9 Å². The van der Waals surface area contributed by atoms with E-state index in [0.717, 1.165) is 5.52 Å². The molecule has 0 spiro atoms. The van der Waals surface area contributed by atoms with E-state index in [4.69, 9.17) is 0 Å². The first-order valence-corrected chi connectivity index (χ1v) is 7.60. The summed E-state index contributed by atoms with van der Waals surface area (Å²) in [5.74, 6) is 0. The van der Waals surface area contributed by atoms with Crippen LogP contribution in [-0.4, -0.2) is 4.98 Å². The average Bonchev–Trinajstić information content (AvgIpc) is 2.56. The first-order chi connectivity index (χ1) is 10.4. The van der Waals surface area contributed by atoms with Gasteiger partial charge >= 0.3 is 0 Å². The van der Waals surface area contributed by atoms with Gasteiger partial charge in [-0.05, 0) is 54.7 Å². The van der Waals surface area contributed by atoms with Crippen molar-refractivity contribution >= 4 is 16.6 Å². The Hall–Kier alpha value is -2.35. The fraction of sp³-hybridized carbons (Fsp3) is 0.211. The van der Waals surface area contributed by atoms with Crippen molar-refractivity contribution in [1.29, 1.82) is 0 Å². The molecule has 1 aliphatic carbocycles. The summed E-state index contributed by atoms with van der Waals surface area (Å²) in [6.07, 6.45) is 5.48. The van der Waals surface area contributed by atoms with Crippen molar-refractivity contribution < 1.29 is 0 Å². The summed E-state index contributed by atoms with van der Waals surface area (Å²) in [7, 11) is 0. The van der Waals surface area contributed by atoms with Crippen molar-refractivity contribution in [2.24, 2.45) is 0 Å². The number of rotatable bonds is 2. The molecule has 1 unspecified atom stereocenters. The molecule has 0 amide bonds. The molecule has 0 saturated carbocycles. The normalized spacial score (nSPS) is 17.4. The number of anilines is 1. The Bertz CT molecular complexity index is 774. The van der Waals surface area contributed by atoms with Gasteiger partial charge in [0.25, 0.3) is 0 Å². The van der Waals surface area contributed by atoms with E-state index in [1.165, 1.54) is 41.5 Å². The van der Waals surface area contributed by atoms with E-state index in [0.29, 0.717) is 6.04 Å². The van der Waals surface area contributed by atoms with Crippen LogP contribution in [0, 0.1) is 0 Å². The topological polar surface area (TPSA) is 24.9 Å². The number of fused-ring (bicyclic) bond motifs is 2. The molecule has 1 atom stereocenters. The molecule has 0 saturated heterocycles. The quantitative estimate of drug-likeness (QED) is 0.731. The predicted octanol–water partition coefficient (Wildman–Crippen LogP) is 4.72. The monoisotopic (exact) mass is 274 g/mol. The van der Waals surface area contributed by atoms with Gasteiger partial charge in [-0.15, -0.1) is 0 Å². The molecule has 1 heterocycles. The van der Waals surface area contributed by atoms with Gasteiger partial charge in [-0.25, -0.2) is 0 Å². The van der Waals surface area contributed by atoms with Crippen molar-refractivity contribution in [1.82, 2.24) is 4.98 Å². The van der Waals surface area contributed by atoms with Crippen LogP contribution in [0.2, 0.25) is 0 Å². The van der Waals surface area contributed by atoms with Crippen LogP contribution in [-0.2, 0) is 6.42 Å². The molecule has 104 valence electrons. The third kappa shape index (κ3) is 2.27. The first-order valence-electron chi connectivity index (χ1n) is 7.60. The summed E-state index contributed by atoms with van der Waals surface area (Å²) in [6, 6.07) is 19.6. The molecule has 0 bridgehead atoms. The van der Waals surface area contributed by atoms with Crippen LogP contribution in [0.3, 0.4) is 0 Å². The van der Waals surface area contributed by atoms with Crippen LogP contribution in [0.15, 0.2) is 60.8 Å². The highest BCUT2D eigenvalue weighted by molar-refractivity contribution is 5.91. The Morgan fingerprint density at radius 1 is 0.952 bits per heavy atom. The summed E-state index contributed by atoms with van der Waals surface area (Å²) >= 11 is 0. The number of benzene rings is 2. The Kier molecular flexibility index (Phi) is 3.07. The molecule has 2 aromatic carbocycles. The highest BCUT2D eigenvalue weighted by Gasteiger charge is 2.19. The average molecular weight is 274 g/mol. The van der Waals surface area contributed by atoms with E-state index in [1.807, 2.05) is 12.3 Å². The molecule has 1 N–H and O–H groups in total. The minimum absolute atomic E-state index is 0.403. The summed E-state index contributed by atoms with van der Waals surface area (Å²) in [5.41, 5.74) is 5.16. The maximum atomic E-state index is 4.44. The number of aromatic nitrogens is 1. The van der Waals surface area contributed by atoms with Crippen molar-refractivity contribution in [3.63, 3.8) is 0 Å². The molecule has 4 rings (SSSR count). The van der Waals surface area contributed by atoms with E-state index >= 15 is 0 Å². The van der Waals surface area contributed by atoms with Crippen molar-refractivity contribution in [3.8, 4) is 0 Å². The van der Waals surface area contributed by atoms with Gasteiger partial charge in [-0.1, -0.05) is 30.3 Å². The van der Waals surface area contributed by atoms with Crippen LogP contribution < -0.4 is 5.32 Å². The summed E-state index contributed by atoms with van der Waals surface area (Å²) < 4.78 is 0. The number of aryl methyl sites for hydroxylation is 1. The van der Waals surface area contributed by atoms with Crippen molar-refractivity contribution in [2.45, 2.75) is 25.3 Å². The van der Waals surface area contributed by atoms with Gasteiger partial charge in [0, 0.05) is 17.3 Å². The fourth-order valence-electron chi connectivity index (χ4n) is 3.32. The standard InChI is InChI=1S/C19H18N2/c1-2-8-15-14(6-1)7-3-11-18(15)21-19-12-4-10-17-16(19)9-5-13-20-17/h1-2,4-6,8-10,12-13,18,21H,3,7,11H2. The minimum atomic E-state index is 0.403. The van der Waals surface area contributed by atoms with Crippen LogP contribution in [0.4, 0.5) is 5.69 Å². The number of nitrogens with one attached hydrogen (secondary N) is 1. The molecule has 3 aromatic rings. The number of nitrogens with zero attached hydrogens (tertiary/aromatic N) is 1. The van der Waals surface area contributed by atoms with Crippen LogP contribution >= 0.6 is 0 Å². The molecule has 1 aromatic heterocycles. The molecule has 0 radical (unpaired) electrons. The minimum Gasteiger partial charge on any atom is -0.378 e. The lowest BCUT2D eigenvalue weighted by Crippen LogP contribution is -2.17. The van der Waals surface area contributed by atoms with E-state index < -0.39 is 0 Å². The van der Waals surface area contributed by atoms with Gasteiger partial charge in [0.15, 0.2) is 0 Å². The summed E-state index contributed by atoms with van der Waals surface area (Å²) in [6.45, 7) is 0. The van der Waals surface area contributed by atoms with E-state index in [-0.39, 0.29) is 0 Å². The van der Waals surface area contributed by atoms with E-state index in [9.17, 15) is 0 Å². The molecular weight excluding hydrogens is 256 g/mol. The maximum Gasteiger partial charge on any atom is 0.0722 e. The third-order valence-corrected chi connectivity index (χ3v) is 4.34. The smallest absolute Gasteiger partial charge is 0.0722 e. The SMILES string of the molecule is c1ccc2c(c1)CCCC2Nc1cccc2ncccc12. The third-order valence-electron chi connectivity index (χ3n) is 4.34. The lowest BCUT2D eigenvalue weighted by Gasteiger charge is -2.27. The zero-order chi connectivity index (χ0) is 14.1. The predicted molar refractivity (Wildman–Crippen MR) is 87.5 cm³/mol. The second kappa shape index (κ2) is 5.21. The van der Waals surface area contributed by atoms with Gasteiger partial charge in [0.2, 0.25) is 0 Å². The van der Waals surface area contributed by atoms with Crippen LogP contribution in [0.25, 0.3) is 10.9 Å². The zero-order valence-corrected chi connectivity index (χ0v) is 11.9. The second-order valence-electron chi connectivity index (χ2n) is 5.66. The Morgan fingerprint density at radius 2 is 1.90 bits per heavy atom. The van der Waals surface area contributed by atoms with Crippen LogP contribution in [0.5, 0.6) is 0 Å². The molecule has 21 heavy (non-hydrogen) atoms. The Balaban J connectivity index is 1.73. The molecule has 2 nitrogen and oxygen atoms in total. The van der Waals surface area contributed by atoms with Gasteiger partial charge in [0.05, 0.1) is 11.6 Å². The maximum absolute atomic E-state index is 4.44. The van der Waals surface area contributed by atoms with E-state index in [1.54, 1.807) is 0 Å². The van der Waals surface area contributed by atoms with Gasteiger partial charge < -0.3 is 5.32 Å². The lowest BCUT2D eigenvalue weighted by molar-refractivity contribution is 0.601. The molecule has 0 fully saturated rings. The van der Waals surface area contributed by atoms with Gasteiger partial charge in [0.1, 0.15) is 0 Å². The molecule has 0 aliphatic heterocycles. The largest absolute Gasteiger partial charge is 0.378 e. The van der Waals surface area contributed by atoms with Crippen LogP contribution in [0.1, 0.15) is 30.0 Å². The number of hydrogen-bond acceptors (Lipinski definition) is 2. The summed E-state index contributed by atoms with van der Waals surface area (Å²) in [4.78, 5) is 4.44. The highest BCUT2D eigenvalue weighted by atomic mass is 14.9. The second-order valence-corrected chi connectivity index (χ2v) is 5.66. The number of hydrogen-bond donors (Lipinski definition) is 1. The van der Waals surface area contributed by atoms with Crippen molar-refractivity contribution in [2.75, 3.05) is 5.32 Å². The van der Waals surface area contributed by atoms with E-state index in [2.05, 4.69) is 58.8 Å². The Labute approximate surface area is 124 Å². The fourth-order valence-corrected chi connectivity index (χ4v) is 3.32. The lowest BCUT2D eigenvalue weighted by atomic mass is 9.87. The van der Waals surface area contributed by atoms with Gasteiger partial charge in [-0.2, -0.15) is 0 Å². The van der Waals surface area contributed by atoms with Gasteiger partial charge in [-0.3, -0.25) is 4.98 Å². The zero-order valence-electron chi connectivity index (χ0n) is 11.9. The Morgan fingerprint density at radius 3 is 2.90 bits per heavy atom. The first kappa shape index (κ1) is 12.4. The number of pyridine rings is 1. The molecular formula is C19H18N2. The molecule has 2 heteroatoms.